The van der Waals surface area contributed by atoms with E-state index in [1.807, 2.05) is 19.1 Å². The van der Waals surface area contributed by atoms with Gasteiger partial charge in [0, 0.05) is 17.6 Å². The van der Waals surface area contributed by atoms with Crippen molar-refractivity contribution in [3.63, 3.8) is 0 Å². The molecule has 0 radical (unpaired) electrons. The highest BCUT2D eigenvalue weighted by Gasteiger charge is 2.23. The number of amides is 1. The molecule has 1 atom stereocenters. The Morgan fingerprint density at radius 2 is 2.33 bits per heavy atom. The van der Waals surface area contributed by atoms with E-state index in [4.69, 9.17) is 0 Å². The Hall–Kier alpha value is -1.88. The fourth-order valence-electron chi connectivity index (χ4n) is 2.69. The van der Waals surface area contributed by atoms with E-state index in [2.05, 4.69) is 27.1 Å². The molecule has 1 unspecified atom stereocenters. The second-order valence-corrected chi connectivity index (χ2v) is 6.18. The monoisotopic (exact) mass is 301 g/mol. The van der Waals surface area contributed by atoms with Crippen LogP contribution in [0.4, 0.5) is 5.82 Å². The van der Waals surface area contributed by atoms with Gasteiger partial charge < -0.3 is 10.6 Å². The van der Waals surface area contributed by atoms with Crippen LogP contribution in [-0.2, 0) is 6.42 Å². The number of carbonyl (C=O) groups excluding carboxylic acids is 1. The molecule has 21 heavy (non-hydrogen) atoms. The van der Waals surface area contributed by atoms with Crippen LogP contribution < -0.4 is 10.6 Å². The third kappa shape index (κ3) is 3.08. The number of anilines is 1. The summed E-state index contributed by atoms with van der Waals surface area (Å²) < 4.78 is 0. The van der Waals surface area contributed by atoms with Crippen molar-refractivity contribution in [2.45, 2.75) is 32.2 Å². The number of rotatable bonds is 4. The molecule has 0 fully saturated rings. The van der Waals surface area contributed by atoms with E-state index in [-0.39, 0.29) is 11.9 Å². The summed E-state index contributed by atoms with van der Waals surface area (Å²) in [6.07, 6.45) is 4.91. The van der Waals surface area contributed by atoms with Crippen molar-refractivity contribution < 1.29 is 4.79 Å². The molecule has 0 saturated heterocycles. The number of nitrogens with zero attached hydrogens (tertiary/aromatic N) is 1. The van der Waals surface area contributed by atoms with Crippen molar-refractivity contribution in [2.24, 2.45) is 0 Å². The maximum absolute atomic E-state index is 12.3. The molecule has 0 spiro atoms. The van der Waals surface area contributed by atoms with Crippen LogP contribution in [0, 0.1) is 0 Å². The molecule has 4 nitrogen and oxygen atoms in total. The fourth-order valence-corrected chi connectivity index (χ4v) is 3.68. The first-order valence-corrected chi connectivity index (χ1v) is 8.23. The summed E-state index contributed by atoms with van der Waals surface area (Å²) in [5.41, 5.74) is 1.90. The molecule has 2 N–H and O–H groups in total. The lowest BCUT2D eigenvalue weighted by atomic mass is 9.94. The Kier molecular flexibility index (Phi) is 4.20. The van der Waals surface area contributed by atoms with E-state index in [0.717, 1.165) is 31.6 Å². The van der Waals surface area contributed by atoms with Crippen molar-refractivity contribution in [1.29, 1.82) is 0 Å². The van der Waals surface area contributed by atoms with Crippen LogP contribution in [0.15, 0.2) is 29.8 Å². The summed E-state index contributed by atoms with van der Waals surface area (Å²) in [7, 11) is 0. The van der Waals surface area contributed by atoms with E-state index in [1.165, 1.54) is 10.4 Å². The highest BCUT2D eigenvalue weighted by Crippen LogP contribution is 2.33. The van der Waals surface area contributed by atoms with Crippen LogP contribution in [-0.4, -0.2) is 17.4 Å². The van der Waals surface area contributed by atoms with E-state index in [1.54, 1.807) is 17.5 Å². The van der Waals surface area contributed by atoms with Gasteiger partial charge in [0.25, 0.3) is 5.91 Å². The Balaban J connectivity index is 1.70. The van der Waals surface area contributed by atoms with Gasteiger partial charge in [0.1, 0.15) is 5.82 Å². The maximum atomic E-state index is 12.3. The number of carbonyl (C=O) groups is 1. The molecule has 2 heterocycles. The molecule has 0 aliphatic heterocycles. The van der Waals surface area contributed by atoms with Crippen LogP contribution in [0.3, 0.4) is 0 Å². The number of fused-ring (bicyclic) bond motifs is 1. The number of aryl methyl sites for hydroxylation is 1. The van der Waals surface area contributed by atoms with E-state index in [9.17, 15) is 4.79 Å². The lowest BCUT2D eigenvalue weighted by Crippen LogP contribution is -2.30. The highest BCUT2D eigenvalue weighted by molar-refractivity contribution is 7.10. The molecule has 1 aliphatic carbocycles. The minimum absolute atomic E-state index is 0.0467. The third-order valence-corrected chi connectivity index (χ3v) is 4.74. The van der Waals surface area contributed by atoms with Gasteiger partial charge in [-0.25, -0.2) is 4.98 Å². The smallest absolute Gasteiger partial charge is 0.253 e. The van der Waals surface area contributed by atoms with E-state index < -0.39 is 0 Å². The second-order valence-electron chi connectivity index (χ2n) is 5.18. The maximum Gasteiger partial charge on any atom is 0.253 e. The summed E-state index contributed by atoms with van der Waals surface area (Å²) in [5, 5.41) is 8.37. The van der Waals surface area contributed by atoms with Crippen molar-refractivity contribution in [3.8, 4) is 0 Å². The molecule has 110 valence electrons. The van der Waals surface area contributed by atoms with Gasteiger partial charge in [0.05, 0.1) is 11.6 Å². The molecule has 2 aromatic rings. The van der Waals surface area contributed by atoms with Gasteiger partial charge in [-0.15, -0.1) is 11.3 Å². The van der Waals surface area contributed by atoms with Crippen LogP contribution in [0.1, 0.15) is 46.6 Å². The summed E-state index contributed by atoms with van der Waals surface area (Å²) >= 11 is 1.79. The zero-order valence-corrected chi connectivity index (χ0v) is 12.9. The summed E-state index contributed by atoms with van der Waals surface area (Å²) in [6.45, 7) is 2.84. The number of hydrogen-bond acceptors (Lipinski definition) is 4. The number of aromatic nitrogens is 1. The molecule has 1 amide bonds. The van der Waals surface area contributed by atoms with Gasteiger partial charge in [-0.2, -0.15) is 0 Å². The summed E-state index contributed by atoms with van der Waals surface area (Å²) in [6, 6.07) is 5.94. The lowest BCUT2D eigenvalue weighted by molar-refractivity contribution is 0.0932. The van der Waals surface area contributed by atoms with Crippen molar-refractivity contribution >= 4 is 23.1 Å². The first-order chi connectivity index (χ1) is 10.3. The normalized spacial score (nSPS) is 17.1. The topological polar surface area (TPSA) is 54.0 Å². The second kappa shape index (κ2) is 6.26. The Bertz CT molecular complexity index is 621. The first kappa shape index (κ1) is 14.1. The van der Waals surface area contributed by atoms with Crippen LogP contribution >= 0.6 is 11.3 Å². The van der Waals surface area contributed by atoms with Gasteiger partial charge in [-0.1, -0.05) is 0 Å². The van der Waals surface area contributed by atoms with Crippen molar-refractivity contribution in [3.05, 3.63) is 45.8 Å². The Morgan fingerprint density at radius 3 is 3.10 bits per heavy atom. The van der Waals surface area contributed by atoms with Crippen molar-refractivity contribution in [2.75, 3.05) is 11.9 Å². The van der Waals surface area contributed by atoms with Crippen molar-refractivity contribution in [1.82, 2.24) is 10.3 Å². The summed E-state index contributed by atoms with van der Waals surface area (Å²) in [4.78, 5) is 18.0. The Labute approximate surface area is 128 Å². The first-order valence-electron chi connectivity index (χ1n) is 7.35. The van der Waals surface area contributed by atoms with Gasteiger partial charge in [-0.05, 0) is 55.3 Å². The number of hydrogen-bond donors (Lipinski definition) is 2. The van der Waals surface area contributed by atoms with Gasteiger partial charge >= 0.3 is 0 Å². The molecule has 5 heteroatoms. The van der Waals surface area contributed by atoms with Gasteiger partial charge in [0.2, 0.25) is 0 Å². The molecular weight excluding hydrogens is 282 g/mol. The third-order valence-electron chi connectivity index (χ3n) is 3.74. The number of thiophene rings is 1. The zero-order valence-electron chi connectivity index (χ0n) is 12.1. The van der Waals surface area contributed by atoms with Crippen LogP contribution in [0.2, 0.25) is 0 Å². The fraction of sp³-hybridized carbons (Fsp3) is 0.375. The average Bonchev–Trinajstić information content (AvgIpc) is 2.98. The molecule has 1 aliphatic rings. The minimum atomic E-state index is -0.0467. The summed E-state index contributed by atoms with van der Waals surface area (Å²) in [5.74, 6) is 0.751. The average molecular weight is 301 g/mol. The minimum Gasteiger partial charge on any atom is -0.370 e. The molecule has 3 rings (SSSR count). The predicted molar refractivity (Wildman–Crippen MR) is 85.9 cm³/mol. The Morgan fingerprint density at radius 1 is 1.43 bits per heavy atom. The lowest BCUT2D eigenvalue weighted by Gasteiger charge is -2.23. The molecule has 0 bridgehead atoms. The van der Waals surface area contributed by atoms with Crippen LogP contribution in [0.25, 0.3) is 0 Å². The zero-order chi connectivity index (χ0) is 14.7. The molecular formula is C16H19N3OS. The van der Waals surface area contributed by atoms with E-state index in [0.29, 0.717) is 5.56 Å². The highest BCUT2D eigenvalue weighted by atomic mass is 32.1. The van der Waals surface area contributed by atoms with Gasteiger partial charge in [-0.3, -0.25) is 4.79 Å². The van der Waals surface area contributed by atoms with Crippen LogP contribution in [0.5, 0.6) is 0 Å². The van der Waals surface area contributed by atoms with Gasteiger partial charge in [0.15, 0.2) is 0 Å². The molecule has 0 saturated carbocycles. The number of pyridine rings is 1. The molecule has 2 aromatic heterocycles. The number of nitrogens with one attached hydrogen (secondary N) is 2. The molecule has 0 aromatic carbocycles. The van der Waals surface area contributed by atoms with E-state index >= 15 is 0 Å². The quantitative estimate of drug-likeness (QED) is 0.910. The largest absolute Gasteiger partial charge is 0.370 e. The predicted octanol–water partition coefficient (Wildman–Crippen LogP) is 3.38. The standard InChI is InChI=1S/C16H19N3OS/c1-2-17-15-7-6-11(10-18-15)16(20)19-13-4-3-5-14-12(13)8-9-21-14/h6-10,13H,2-5H2,1H3,(H,17,18)(H,19,20). The SMILES string of the molecule is CCNc1ccc(C(=O)NC2CCCc3sccc32)cn1.